The highest BCUT2D eigenvalue weighted by molar-refractivity contribution is 6.30. The molecule has 4 rings (SSSR count). The summed E-state index contributed by atoms with van der Waals surface area (Å²) in [5.74, 6) is -2.72. The van der Waals surface area contributed by atoms with Crippen LogP contribution >= 0.6 is 11.6 Å². The molecule has 0 radical (unpaired) electrons. The Morgan fingerprint density at radius 1 is 1.02 bits per heavy atom. The highest BCUT2D eigenvalue weighted by Crippen LogP contribution is 2.48. The van der Waals surface area contributed by atoms with Crippen LogP contribution in [0.4, 0.5) is 30.8 Å². The minimum absolute atomic E-state index is 0.117. The van der Waals surface area contributed by atoms with Gasteiger partial charge < -0.3 is 43.2 Å². The number of alkyl halides is 3. The normalized spacial score (nSPS) is 14.8. The van der Waals surface area contributed by atoms with E-state index in [4.69, 9.17) is 31.5 Å². The summed E-state index contributed by atoms with van der Waals surface area (Å²) in [6, 6.07) is 10.5. The van der Waals surface area contributed by atoms with Gasteiger partial charge in [-0.2, -0.15) is 28.1 Å². The minimum atomic E-state index is -5.40. The molecule has 1 fully saturated rings. The van der Waals surface area contributed by atoms with Crippen LogP contribution in [0, 0.1) is 0 Å². The fourth-order valence-corrected chi connectivity index (χ4v) is 4.48. The van der Waals surface area contributed by atoms with Crippen molar-refractivity contribution >= 4 is 52.9 Å². The second kappa shape index (κ2) is 15.5. The number of nitrogens with zero attached hydrogens (tertiary/aromatic N) is 4. The Morgan fingerprint density at radius 3 is 2.29 bits per heavy atom. The molecule has 1 saturated carbocycles. The van der Waals surface area contributed by atoms with Crippen LogP contribution in [0.3, 0.4) is 0 Å². The average Bonchev–Trinajstić information content (AvgIpc) is 3.81. The molecular weight excluding hydrogens is 659 g/mol. The SMILES string of the molecule is [2H]C([2H])(Oc1nc(Nc2ccc(C(=O)N[C@@H](CCCN=C(N)N)C(=O)NCC(N)=O)cc2)nc(NC2(c3ccc(Cl)cc3)CC2)n1)C(F)(F)F. The maximum atomic E-state index is 13.3. The molecule has 15 nitrogen and oxygen atoms in total. The van der Waals surface area contributed by atoms with Crippen LogP contribution in [0.2, 0.25) is 5.02 Å². The van der Waals surface area contributed by atoms with Crippen molar-refractivity contribution in [3.05, 3.63) is 64.7 Å². The van der Waals surface area contributed by atoms with E-state index in [-0.39, 0.29) is 42.1 Å². The van der Waals surface area contributed by atoms with Gasteiger partial charge in [-0.05, 0) is 67.6 Å². The molecule has 1 aromatic heterocycles. The van der Waals surface area contributed by atoms with Gasteiger partial charge in [-0.1, -0.05) is 23.7 Å². The largest absolute Gasteiger partial charge is 0.454 e. The Bertz CT molecular complexity index is 1720. The molecule has 3 aromatic rings. The van der Waals surface area contributed by atoms with Gasteiger partial charge in [0.15, 0.2) is 12.5 Å². The number of carbonyl (C=O) groups excluding carboxylic acids is 3. The lowest BCUT2D eigenvalue weighted by molar-refractivity contribution is -0.154. The summed E-state index contributed by atoms with van der Waals surface area (Å²) in [5.41, 5.74) is 16.3. The quantitative estimate of drug-likeness (QED) is 0.0651. The highest BCUT2D eigenvalue weighted by atomic mass is 35.5. The molecule has 1 aliphatic carbocycles. The maximum Gasteiger partial charge on any atom is 0.422 e. The minimum Gasteiger partial charge on any atom is -0.454 e. The average molecular weight is 694 g/mol. The van der Waals surface area contributed by atoms with Gasteiger partial charge in [0.2, 0.25) is 23.7 Å². The van der Waals surface area contributed by atoms with Crippen molar-refractivity contribution < 1.29 is 35.0 Å². The van der Waals surface area contributed by atoms with Gasteiger partial charge >= 0.3 is 12.2 Å². The van der Waals surface area contributed by atoms with Gasteiger partial charge in [0.25, 0.3) is 5.91 Å². The van der Waals surface area contributed by atoms with E-state index in [1.165, 1.54) is 24.3 Å². The van der Waals surface area contributed by atoms with Crippen LogP contribution in [0.1, 0.15) is 44.3 Å². The standard InChI is InChI=1S/C29H33ClF3N11O4/c30-18-7-5-17(6-8-18)28(11-12-28)44-26-41-25(42-27(43-26)48-15-29(31,32)33)39-19-9-3-16(4-10-19)22(46)40-20(2-1-13-37-24(35)36)23(47)38-14-21(34)45/h3-10,20H,1-2,11-15H2,(H2,34,45)(H,38,47)(H,40,46)(H4,35,36,37)(H2,39,41,42,43,44)/t20-/m0/s1/i15D2. The molecule has 19 heteroatoms. The van der Waals surface area contributed by atoms with E-state index < -0.39 is 54.6 Å². The number of primary amides is 1. The number of rotatable bonds is 16. The molecule has 10 N–H and O–H groups in total. The smallest absolute Gasteiger partial charge is 0.422 e. The Hall–Kier alpha value is -5.39. The lowest BCUT2D eigenvalue weighted by Crippen LogP contribution is -2.48. The number of hydrogen-bond donors (Lipinski definition) is 7. The summed E-state index contributed by atoms with van der Waals surface area (Å²) in [4.78, 5) is 52.6. The van der Waals surface area contributed by atoms with E-state index in [1.54, 1.807) is 24.3 Å². The van der Waals surface area contributed by atoms with E-state index in [1.807, 2.05) is 0 Å². The summed E-state index contributed by atoms with van der Waals surface area (Å²) >= 11 is 6.01. The number of amides is 3. The van der Waals surface area contributed by atoms with Gasteiger partial charge in [-0.3, -0.25) is 19.4 Å². The number of anilines is 3. The number of ether oxygens (including phenoxy) is 1. The monoisotopic (exact) mass is 693 g/mol. The zero-order chi connectivity index (χ0) is 36.7. The molecule has 0 aliphatic heterocycles. The molecule has 2 aromatic carbocycles. The number of nitrogens with one attached hydrogen (secondary N) is 4. The van der Waals surface area contributed by atoms with E-state index in [0.29, 0.717) is 24.3 Å². The first-order chi connectivity index (χ1) is 23.5. The van der Waals surface area contributed by atoms with E-state index >= 15 is 0 Å². The predicted molar refractivity (Wildman–Crippen MR) is 170 cm³/mol. The first-order valence-electron chi connectivity index (χ1n) is 15.3. The zero-order valence-corrected chi connectivity index (χ0v) is 25.9. The topological polar surface area (TPSA) is 238 Å². The number of nitrogens with two attached hydrogens (primary N) is 3. The summed E-state index contributed by atoms with van der Waals surface area (Å²) in [5, 5.41) is 11.3. The van der Waals surface area contributed by atoms with Crippen molar-refractivity contribution in [2.75, 3.05) is 30.3 Å². The zero-order valence-electron chi connectivity index (χ0n) is 27.1. The van der Waals surface area contributed by atoms with Gasteiger partial charge in [0.05, 0.1) is 14.8 Å². The number of aromatic nitrogens is 3. The predicted octanol–water partition coefficient (Wildman–Crippen LogP) is 2.06. The first-order valence-corrected chi connectivity index (χ1v) is 14.7. The number of hydrogen-bond acceptors (Lipinski definition) is 10. The number of benzene rings is 2. The molecule has 48 heavy (non-hydrogen) atoms. The fraction of sp³-hybridized carbons (Fsp3) is 0.345. The summed E-state index contributed by atoms with van der Waals surface area (Å²) in [6.45, 7) is -4.38. The van der Waals surface area contributed by atoms with Gasteiger partial charge in [0.1, 0.15) is 6.04 Å². The molecular formula is C29H33ClF3N11O4. The van der Waals surface area contributed by atoms with Crippen molar-refractivity contribution in [3.63, 3.8) is 0 Å². The van der Waals surface area contributed by atoms with Gasteiger partial charge in [-0.15, -0.1) is 0 Å². The van der Waals surface area contributed by atoms with Crippen LogP contribution in [-0.2, 0) is 15.1 Å². The van der Waals surface area contributed by atoms with Crippen LogP contribution in [0.25, 0.3) is 0 Å². The van der Waals surface area contributed by atoms with Crippen molar-refractivity contribution in [2.24, 2.45) is 22.2 Å². The molecule has 1 aliphatic rings. The second-order valence-corrected chi connectivity index (χ2v) is 11.0. The third-order valence-corrected chi connectivity index (χ3v) is 7.03. The second-order valence-electron chi connectivity index (χ2n) is 10.5. The van der Waals surface area contributed by atoms with Gasteiger partial charge in [-0.25, -0.2) is 0 Å². The molecule has 1 heterocycles. The number of aliphatic imine (C=N–C) groups is 1. The van der Waals surface area contributed by atoms with Crippen LogP contribution in [0.5, 0.6) is 6.01 Å². The Morgan fingerprint density at radius 2 is 1.69 bits per heavy atom. The van der Waals surface area contributed by atoms with Gasteiger partial charge in [0, 0.05) is 22.8 Å². The number of carbonyl (C=O) groups is 3. The first kappa shape index (κ1) is 32.5. The lowest BCUT2D eigenvalue weighted by atomic mass is 10.1. The van der Waals surface area contributed by atoms with Crippen molar-refractivity contribution in [1.29, 1.82) is 0 Å². The van der Waals surface area contributed by atoms with Crippen LogP contribution < -0.4 is 43.2 Å². The summed E-state index contributed by atoms with van der Waals surface area (Å²) in [7, 11) is 0. The number of guanidine groups is 1. The number of halogens is 4. The van der Waals surface area contributed by atoms with E-state index in [9.17, 15) is 27.6 Å². The molecule has 3 amide bonds. The van der Waals surface area contributed by atoms with Crippen molar-refractivity contribution in [2.45, 2.75) is 43.4 Å². The maximum absolute atomic E-state index is 13.3. The third kappa shape index (κ3) is 10.9. The molecule has 0 bridgehead atoms. The summed E-state index contributed by atoms with van der Waals surface area (Å²) < 4.78 is 59.1. The van der Waals surface area contributed by atoms with E-state index in [0.717, 1.165) is 5.56 Å². The molecule has 0 spiro atoms. The molecule has 1 atom stereocenters. The summed E-state index contributed by atoms with van der Waals surface area (Å²) in [6.07, 6.45) is -3.69. The van der Waals surface area contributed by atoms with Crippen LogP contribution in [-0.4, -0.2) is 70.5 Å². The van der Waals surface area contributed by atoms with E-state index in [2.05, 4.69) is 45.9 Å². The van der Waals surface area contributed by atoms with Crippen molar-refractivity contribution in [1.82, 2.24) is 25.6 Å². The Labute approximate surface area is 280 Å². The molecule has 256 valence electrons. The fourth-order valence-electron chi connectivity index (χ4n) is 4.36. The Kier molecular flexibility index (Phi) is 10.5. The van der Waals surface area contributed by atoms with Crippen LogP contribution in [0.15, 0.2) is 53.5 Å². The van der Waals surface area contributed by atoms with Crippen molar-refractivity contribution in [3.8, 4) is 6.01 Å². The molecule has 0 unspecified atom stereocenters. The lowest BCUT2D eigenvalue weighted by Gasteiger charge is -2.19. The Balaban J connectivity index is 1.52. The highest BCUT2D eigenvalue weighted by Gasteiger charge is 2.45. The molecule has 0 saturated heterocycles. The third-order valence-electron chi connectivity index (χ3n) is 6.78.